The number of hydrogen-bond acceptors (Lipinski definition) is 3. The summed E-state index contributed by atoms with van der Waals surface area (Å²) >= 11 is 11.9. The van der Waals surface area contributed by atoms with Crippen molar-refractivity contribution in [2.75, 3.05) is 5.32 Å². The van der Waals surface area contributed by atoms with Crippen molar-refractivity contribution in [1.29, 1.82) is 0 Å². The van der Waals surface area contributed by atoms with Crippen LogP contribution in [0.2, 0.25) is 10.0 Å². The van der Waals surface area contributed by atoms with Crippen LogP contribution in [-0.2, 0) is 0 Å². The van der Waals surface area contributed by atoms with Crippen molar-refractivity contribution in [2.45, 2.75) is 0 Å². The van der Waals surface area contributed by atoms with Crippen LogP contribution in [0.5, 0.6) is 0 Å². The highest BCUT2D eigenvalue weighted by atomic mass is 35.5. The number of nitrogens with zero attached hydrogens (tertiary/aromatic N) is 1. The standard InChI is InChI=1S/C21H14Cl2FN3O2/c22-15-9-8-14(18(23)11-15)12-25-27-20(28)13-4-3-5-16(10-13)26-21(29)17-6-1-2-7-19(17)24/h1-12H,(H,26,29)(H,27,28)/b25-12+. The minimum absolute atomic E-state index is 0.0909. The number of amides is 2. The summed E-state index contributed by atoms with van der Waals surface area (Å²) in [5.74, 6) is -1.74. The molecule has 0 aliphatic rings. The summed E-state index contributed by atoms with van der Waals surface area (Å²) in [6, 6.07) is 16.7. The normalized spacial score (nSPS) is 10.7. The monoisotopic (exact) mass is 429 g/mol. The van der Waals surface area contributed by atoms with Crippen molar-refractivity contribution >= 4 is 46.9 Å². The van der Waals surface area contributed by atoms with E-state index >= 15 is 0 Å². The van der Waals surface area contributed by atoms with Crippen molar-refractivity contribution in [1.82, 2.24) is 5.43 Å². The van der Waals surface area contributed by atoms with E-state index in [4.69, 9.17) is 23.2 Å². The summed E-state index contributed by atoms with van der Waals surface area (Å²) in [5, 5.41) is 7.32. The molecule has 0 radical (unpaired) electrons. The largest absolute Gasteiger partial charge is 0.322 e. The maximum atomic E-state index is 13.7. The molecule has 0 spiro atoms. The lowest BCUT2D eigenvalue weighted by molar-refractivity contribution is 0.0953. The Morgan fingerprint density at radius 3 is 2.48 bits per heavy atom. The van der Waals surface area contributed by atoms with Gasteiger partial charge in [-0.1, -0.05) is 47.5 Å². The highest BCUT2D eigenvalue weighted by molar-refractivity contribution is 6.36. The van der Waals surface area contributed by atoms with E-state index in [1.807, 2.05) is 0 Å². The number of hydrogen-bond donors (Lipinski definition) is 2. The Bertz CT molecular complexity index is 1100. The zero-order valence-electron chi connectivity index (χ0n) is 14.8. The van der Waals surface area contributed by atoms with E-state index < -0.39 is 17.6 Å². The van der Waals surface area contributed by atoms with Crippen LogP contribution in [-0.4, -0.2) is 18.0 Å². The van der Waals surface area contributed by atoms with Crippen LogP contribution in [0.1, 0.15) is 26.3 Å². The first-order chi connectivity index (χ1) is 13.9. The molecule has 0 atom stereocenters. The van der Waals surface area contributed by atoms with Crippen molar-refractivity contribution < 1.29 is 14.0 Å². The molecular weight excluding hydrogens is 416 g/mol. The summed E-state index contributed by atoms with van der Waals surface area (Å²) in [5.41, 5.74) is 3.47. The molecule has 0 heterocycles. The molecule has 8 heteroatoms. The second kappa shape index (κ2) is 9.32. The van der Waals surface area contributed by atoms with Gasteiger partial charge in [0.2, 0.25) is 0 Å². The van der Waals surface area contributed by atoms with Gasteiger partial charge in [0, 0.05) is 21.8 Å². The van der Waals surface area contributed by atoms with Gasteiger partial charge in [0.25, 0.3) is 11.8 Å². The molecule has 3 aromatic carbocycles. The summed E-state index contributed by atoms with van der Waals surface area (Å²) < 4.78 is 13.7. The smallest absolute Gasteiger partial charge is 0.271 e. The van der Waals surface area contributed by atoms with Gasteiger partial charge >= 0.3 is 0 Å². The van der Waals surface area contributed by atoms with Gasteiger partial charge in [-0.2, -0.15) is 5.10 Å². The van der Waals surface area contributed by atoms with Crippen LogP contribution in [0.3, 0.4) is 0 Å². The van der Waals surface area contributed by atoms with E-state index in [2.05, 4.69) is 15.8 Å². The maximum Gasteiger partial charge on any atom is 0.271 e. The molecule has 3 aromatic rings. The van der Waals surface area contributed by atoms with Gasteiger partial charge in [0.15, 0.2) is 0 Å². The number of anilines is 1. The fourth-order valence-corrected chi connectivity index (χ4v) is 2.87. The van der Waals surface area contributed by atoms with Crippen LogP contribution >= 0.6 is 23.2 Å². The van der Waals surface area contributed by atoms with Gasteiger partial charge in [-0.15, -0.1) is 0 Å². The average molecular weight is 430 g/mol. The quantitative estimate of drug-likeness (QED) is 0.434. The zero-order chi connectivity index (χ0) is 20.8. The second-order valence-electron chi connectivity index (χ2n) is 5.88. The molecule has 2 N–H and O–H groups in total. The molecule has 0 unspecified atom stereocenters. The molecule has 0 saturated heterocycles. The van der Waals surface area contributed by atoms with Crippen LogP contribution in [0, 0.1) is 5.82 Å². The fraction of sp³-hybridized carbons (Fsp3) is 0. The Hall–Kier alpha value is -3.22. The number of rotatable bonds is 5. The molecule has 0 aliphatic heterocycles. The minimum Gasteiger partial charge on any atom is -0.322 e. The van der Waals surface area contributed by atoms with E-state index in [0.29, 0.717) is 21.3 Å². The van der Waals surface area contributed by atoms with Crippen LogP contribution < -0.4 is 10.7 Å². The highest BCUT2D eigenvalue weighted by Gasteiger charge is 2.12. The molecule has 3 rings (SSSR count). The second-order valence-corrected chi connectivity index (χ2v) is 6.72. The van der Waals surface area contributed by atoms with Gasteiger partial charge in [0.05, 0.1) is 16.8 Å². The first kappa shape index (κ1) is 20.5. The Labute approximate surface area is 176 Å². The van der Waals surface area contributed by atoms with Gasteiger partial charge in [-0.05, 0) is 42.5 Å². The highest BCUT2D eigenvalue weighted by Crippen LogP contribution is 2.19. The fourth-order valence-electron chi connectivity index (χ4n) is 2.41. The number of halogens is 3. The molecule has 0 fully saturated rings. The minimum atomic E-state index is -0.630. The third-order valence-corrected chi connectivity index (χ3v) is 4.40. The molecule has 5 nitrogen and oxygen atoms in total. The van der Waals surface area contributed by atoms with Gasteiger partial charge in [0.1, 0.15) is 5.82 Å². The molecule has 146 valence electrons. The summed E-state index contributed by atoms with van der Waals surface area (Å²) in [4.78, 5) is 24.5. The Morgan fingerprint density at radius 1 is 0.931 bits per heavy atom. The lowest BCUT2D eigenvalue weighted by Gasteiger charge is -2.07. The van der Waals surface area contributed by atoms with Crippen LogP contribution in [0.15, 0.2) is 71.8 Å². The van der Waals surface area contributed by atoms with Crippen molar-refractivity contribution in [3.05, 3.63) is 99.3 Å². The Kier molecular flexibility index (Phi) is 6.59. The van der Waals surface area contributed by atoms with E-state index in [1.54, 1.807) is 42.5 Å². The lowest BCUT2D eigenvalue weighted by atomic mass is 10.1. The van der Waals surface area contributed by atoms with Crippen molar-refractivity contribution in [2.24, 2.45) is 5.10 Å². The number of carbonyl (C=O) groups excluding carboxylic acids is 2. The van der Waals surface area contributed by atoms with Crippen LogP contribution in [0.4, 0.5) is 10.1 Å². The number of carbonyl (C=O) groups is 2. The van der Waals surface area contributed by atoms with Crippen molar-refractivity contribution in [3.8, 4) is 0 Å². The summed E-state index contributed by atoms with van der Waals surface area (Å²) in [6.07, 6.45) is 1.39. The third-order valence-electron chi connectivity index (χ3n) is 3.83. The molecule has 0 aromatic heterocycles. The predicted octanol–water partition coefficient (Wildman–Crippen LogP) is 5.15. The van der Waals surface area contributed by atoms with E-state index in [-0.39, 0.29) is 11.1 Å². The number of benzene rings is 3. The maximum absolute atomic E-state index is 13.7. The predicted molar refractivity (Wildman–Crippen MR) is 112 cm³/mol. The zero-order valence-corrected chi connectivity index (χ0v) is 16.3. The van der Waals surface area contributed by atoms with Crippen molar-refractivity contribution in [3.63, 3.8) is 0 Å². The summed E-state index contributed by atoms with van der Waals surface area (Å²) in [7, 11) is 0. The number of nitrogens with one attached hydrogen (secondary N) is 2. The molecule has 0 bridgehead atoms. The molecule has 2 amide bonds. The van der Waals surface area contributed by atoms with Gasteiger partial charge < -0.3 is 5.32 Å². The first-order valence-corrected chi connectivity index (χ1v) is 9.14. The first-order valence-electron chi connectivity index (χ1n) is 8.38. The third kappa shape index (κ3) is 5.40. The molecule has 0 aliphatic carbocycles. The SMILES string of the molecule is O=C(N/N=C/c1ccc(Cl)cc1Cl)c1cccc(NC(=O)c2ccccc2F)c1. The molecule has 29 heavy (non-hydrogen) atoms. The van der Waals surface area contributed by atoms with Crippen LogP contribution in [0.25, 0.3) is 0 Å². The number of hydrazone groups is 1. The van der Waals surface area contributed by atoms with Gasteiger partial charge in [-0.3, -0.25) is 9.59 Å². The Morgan fingerprint density at radius 2 is 1.72 bits per heavy atom. The molecule has 0 saturated carbocycles. The topological polar surface area (TPSA) is 70.6 Å². The molecular formula is C21H14Cl2FN3O2. The Balaban J connectivity index is 1.67. The van der Waals surface area contributed by atoms with E-state index in [1.165, 1.54) is 30.5 Å². The van der Waals surface area contributed by atoms with Gasteiger partial charge in [-0.25, -0.2) is 9.82 Å². The summed E-state index contributed by atoms with van der Waals surface area (Å²) in [6.45, 7) is 0. The lowest BCUT2D eigenvalue weighted by Crippen LogP contribution is -2.18. The van der Waals surface area contributed by atoms with E-state index in [0.717, 1.165) is 0 Å². The average Bonchev–Trinajstić information content (AvgIpc) is 2.70. The van der Waals surface area contributed by atoms with E-state index in [9.17, 15) is 14.0 Å².